The summed E-state index contributed by atoms with van der Waals surface area (Å²) in [6.45, 7) is 5.70. The van der Waals surface area contributed by atoms with Gasteiger partial charge >= 0.3 is 0 Å². The zero-order valence-corrected chi connectivity index (χ0v) is 13.2. The molecule has 2 fully saturated rings. The second-order valence-corrected chi connectivity index (χ2v) is 6.90. The molecule has 0 aromatic heterocycles. The van der Waals surface area contributed by atoms with Gasteiger partial charge in [0.1, 0.15) is 0 Å². The van der Waals surface area contributed by atoms with Crippen molar-refractivity contribution < 1.29 is 4.79 Å². The van der Waals surface area contributed by atoms with Crippen LogP contribution in [0.3, 0.4) is 0 Å². The van der Waals surface area contributed by atoms with Crippen molar-refractivity contribution in [3.63, 3.8) is 0 Å². The molecule has 2 aliphatic rings. The third-order valence-corrected chi connectivity index (χ3v) is 5.22. The van der Waals surface area contributed by atoms with E-state index >= 15 is 0 Å². The number of rotatable bonds is 4. The third kappa shape index (κ3) is 4.19. The maximum absolute atomic E-state index is 12.4. The number of likely N-dealkylation sites (tertiary alicyclic amines) is 1. The molecule has 1 aliphatic carbocycles. The Balaban J connectivity index is 1.78. The molecular weight excluding hydrogens is 250 g/mol. The van der Waals surface area contributed by atoms with Crippen molar-refractivity contribution in [3.05, 3.63) is 0 Å². The molecule has 0 aromatic carbocycles. The first kappa shape index (κ1) is 15.8. The first-order valence-electron chi connectivity index (χ1n) is 8.28. The Morgan fingerprint density at radius 1 is 1.25 bits per heavy atom. The largest absolute Gasteiger partial charge is 0.342 e. The fourth-order valence-electron chi connectivity index (χ4n) is 3.62. The van der Waals surface area contributed by atoms with Crippen molar-refractivity contribution in [2.24, 2.45) is 17.6 Å². The van der Waals surface area contributed by atoms with Gasteiger partial charge in [-0.15, -0.1) is 0 Å². The summed E-state index contributed by atoms with van der Waals surface area (Å²) >= 11 is 0. The number of hydrogen-bond acceptors (Lipinski definition) is 3. The van der Waals surface area contributed by atoms with Gasteiger partial charge in [0.15, 0.2) is 0 Å². The summed E-state index contributed by atoms with van der Waals surface area (Å²) in [5, 5.41) is 0. The van der Waals surface area contributed by atoms with Gasteiger partial charge in [0.05, 0.1) is 6.54 Å². The van der Waals surface area contributed by atoms with Crippen molar-refractivity contribution in [1.82, 2.24) is 9.80 Å². The van der Waals surface area contributed by atoms with Crippen LogP contribution in [0.4, 0.5) is 0 Å². The van der Waals surface area contributed by atoms with Crippen molar-refractivity contribution >= 4 is 5.91 Å². The van der Waals surface area contributed by atoms with Gasteiger partial charge < -0.3 is 10.6 Å². The van der Waals surface area contributed by atoms with Crippen LogP contribution in [0.2, 0.25) is 0 Å². The van der Waals surface area contributed by atoms with E-state index in [0.717, 1.165) is 25.6 Å². The van der Waals surface area contributed by atoms with Crippen molar-refractivity contribution in [1.29, 1.82) is 0 Å². The van der Waals surface area contributed by atoms with E-state index in [4.69, 9.17) is 5.73 Å². The van der Waals surface area contributed by atoms with E-state index in [-0.39, 0.29) is 0 Å². The molecular formula is C16H31N3O. The lowest BCUT2D eigenvalue weighted by Crippen LogP contribution is -2.47. The van der Waals surface area contributed by atoms with E-state index in [0.29, 0.717) is 24.4 Å². The summed E-state index contributed by atoms with van der Waals surface area (Å²) in [6, 6.07) is 0.466. The molecule has 1 aliphatic heterocycles. The van der Waals surface area contributed by atoms with E-state index in [9.17, 15) is 4.79 Å². The predicted molar refractivity (Wildman–Crippen MR) is 82.4 cm³/mol. The molecule has 1 unspecified atom stereocenters. The molecule has 1 heterocycles. The molecule has 1 saturated heterocycles. The number of carbonyl (C=O) groups excluding carboxylic acids is 1. The fourth-order valence-corrected chi connectivity index (χ4v) is 3.62. The van der Waals surface area contributed by atoms with Gasteiger partial charge in [-0.25, -0.2) is 0 Å². The van der Waals surface area contributed by atoms with Crippen LogP contribution in [-0.2, 0) is 4.79 Å². The average molecular weight is 281 g/mol. The van der Waals surface area contributed by atoms with Gasteiger partial charge in [0.25, 0.3) is 0 Å². The zero-order chi connectivity index (χ0) is 14.5. The first-order valence-corrected chi connectivity index (χ1v) is 8.28. The lowest BCUT2D eigenvalue weighted by molar-refractivity contribution is -0.134. The minimum absolute atomic E-state index is 0.294. The van der Waals surface area contributed by atoms with Gasteiger partial charge in [-0.05, 0) is 63.5 Å². The van der Waals surface area contributed by atoms with E-state index in [2.05, 4.69) is 11.8 Å². The molecule has 4 nitrogen and oxygen atoms in total. The summed E-state index contributed by atoms with van der Waals surface area (Å²) in [7, 11) is 1.99. The molecule has 0 radical (unpaired) electrons. The number of carbonyl (C=O) groups is 1. The number of nitrogens with two attached hydrogens (primary N) is 1. The van der Waals surface area contributed by atoms with Crippen LogP contribution in [0.25, 0.3) is 0 Å². The van der Waals surface area contributed by atoms with Gasteiger partial charge in [-0.3, -0.25) is 9.69 Å². The van der Waals surface area contributed by atoms with E-state index < -0.39 is 0 Å². The highest BCUT2D eigenvalue weighted by molar-refractivity contribution is 5.78. The Bertz CT molecular complexity index is 313. The SMILES string of the molecule is CC1CCC(N(C)C(=O)CN2CCCC(CN)C2)CC1. The average Bonchev–Trinajstić information content (AvgIpc) is 2.47. The van der Waals surface area contributed by atoms with Crippen LogP contribution in [-0.4, -0.2) is 55.0 Å². The number of hydrogen-bond donors (Lipinski definition) is 1. The first-order chi connectivity index (χ1) is 9.60. The number of piperidine rings is 1. The second kappa shape index (κ2) is 7.41. The summed E-state index contributed by atoms with van der Waals surface area (Å²) in [5.41, 5.74) is 5.76. The molecule has 0 bridgehead atoms. The molecule has 4 heteroatoms. The van der Waals surface area contributed by atoms with Gasteiger partial charge in [0.2, 0.25) is 5.91 Å². The lowest BCUT2D eigenvalue weighted by Gasteiger charge is -2.36. The Kier molecular flexibility index (Phi) is 5.85. The van der Waals surface area contributed by atoms with Crippen molar-refractivity contribution in [3.8, 4) is 0 Å². The highest BCUT2D eigenvalue weighted by Gasteiger charge is 2.27. The van der Waals surface area contributed by atoms with Crippen LogP contribution in [0.15, 0.2) is 0 Å². The van der Waals surface area contributed by atoms with E-state index in [1.807, 2.05) is 11.9 Å². The Morgan fingerprint density at radius 3 is 2.60 bits per heavy atom. The van der Waals surface area contributed by atoms with Crippen LogP contribution in [0, 0.1) is 11.8 Å². The fraction of sp³-hybridized carbons (Fsp3) is 0.938. The normalized spacial score (nSPS) is 32.0. The van der Waals surface area contributed by atoms with Crippen LogP contribution >= 0.6 is 0 Å². The Labute approximate surface area is 123 Å². The van der Waals surface area contributed by atoms with Crippen molar-refractivity contribution in [2.45, 2.75) is 51.5 Å². The third-order valence-electron chi connectivity index (χ3n) is 5.22. The van der Waals surface area contributed by atoms with Crippen LogP contribution in [0.5, 0.6) is 0 Å². The standard InChI is InChI=1S/C16H31N3O/c1-13-5-7-15(8-6-13)18(2)16(20)12-19-9-3-4-14(10-17)11-19/h13-15H,3-12,17H2,1-2H3. The van der Waals surface area contributed by atoms with E-state index in [1.54, 1.807) is 0 Å². The molecule has 20 heavy (non-hydrogen) atoms. The highest BCUT2D eigenvalue weighted by Crippen LogP contribution is 2.26. The van der Waals surface area contributed by atoms with E-state index in [1.165, 1.54) is 38.5 Å². The minimum atomic E-state index is 0.294. The Morgan fingerprint density at radius 2 is 1.95 bits per heavy atom. The minimum Gasteiger partial charge on any atom is -0.342 e. The maximum atomic E-state index is 12.4. The lowest BCUT2D eigenvalue weighted by atomic mass is 9.87. The van der Waals surface area contributed by atoms with Gasteiger partial charge in [-0.1, -0.05) is 6.92 Å². The molecule has 0 spiro atoms. The summed E-state index contributed by atoms with van der Waals surface area (Å²) in [6.07, 6.45) is 7.28. The topological polar surface area (TPSA) is 49.6 Å². The molecule has 2 rings (SSSR count). The van der Waals surface area contributed by atoms with Gasteiger partial charge in [-0.2, -0.15) is 0 Å². The molecule has 1 saturated carbocycles. The molecule has 2 N–H and O–H groups in total. The molecule has 0 aromatic rings. The maximum Gasteiger partial charge on any atom is 0.236 e. The summed E-state index contributed by atoms with van der Waals surface area (Å²) in [4.78, 5) is 16.7. The Hall–Kier alpha value is -0.610. The number of amides is 1. The zero-order valence-electron chi connectivity index (χ0n) is 13.2. The smallest absolute Gasteiger partial charge is 0.236 e. The van der Waals surface area contributed by atoms with Crippen LogP contribution in [0.1, 0.15) is 45.4 Å². The quantitative estimate of drug-likeness (QED) is 0.853. The monoisotopic (exact) mass is 281 g/mol. The highest BCUT2D eigenvalue weighted by atomic mass is 16.2. The molecule has 1 amide bonds. The second-order valence-electron chi connectivity index (χ2n) is 6.90. The number of nitrogens with zero attached hydrogens (tertiary/aromatic N) is 2. The summed E-state index contributed by atoms with van der Waals surface area (Å²) < 4.78 is 0. The van der Waals surface area contributed by atoms with Gasteiger partial charge in [0, 0.05) is 19.6 Å². The number of likely N-dealkylation sites (N-methyl/N-ethyl adjacent to an activating group) is 1. The molecule has 1 atom stereocenters. The molecule has 116 valence electrons. The predicted octanol–water partition coefficient (Wildman–Crippen LogP) is 1.69. The summed E-state index contributed by atoms with van der Waals surface area (Å²) in [5.74, 6) is 1.71. The van der Waals surface area contributed by atoms with Crippen LogP contribution < -0.4 is 5.73 Å². The van der Waals surface area contributed by atoms with Crippen molar-refractivity contribution in [2.75, 3.05) is 33.2 Å².